The number of methoxy groups -OCH3 is 1. The maximum Gasteiger partial charge on any atom is 0.220 e. The first kappa shape index (κ1) is 16.8. The topological polar surface area (TPSA) is 69.2 Å². The smallest absolute Gasteiger partial charge is 0.220 e. The van der Waals surface area contributed by atoms with E-state index in [9.17, 15) is 0 Å². The zero-order valence-electron chi connectivity index (χ0n) is 15.6. The van der Waals surface area contributed by atoms with Gasteiger partial charge >= 0.3 is 0 Å². The molecule has 0 unspecified atom stereocenters. The van der Waals surface area contributed by atoms with E-state index < -0.39 is 0 Å². The van der Waals surface area contributed by atoms with E-state index in [4.69, 9.17) is 10.5 Å². The molecule has 0 saturated carbocycles. The summed E-state index contributed by atoms with van der Waals surface area (Å²) in [4.78, 5) is 11.0. The first-order chi connectivity index (χ1) is 12.5. The van der Waals surface area contributed by atoms with Crippen molar-refractivity contribution in [2.24, 2.45) is 0 Å². The minimum atomic E-state index is 0.365. The number of nitrogens with two attached hydrogens (primary N) is 1. The standard InChI is InChI=1S/C20H25N5O/c1-13(2)25-12-15(17-8-16(26-3)4-5-19(17)25)11-24-7-6-18-14(10-24)9-22-20(21)23-18/h4-5,8-9,12-13H,6-7,10-11H2,1-3H3,(H2,21,22,23). The Kier molecular flexibility index (Phi) is 4.28. The van der Waals surface area contributed by atoms with Gasteiger partial charge in [0.2, 0.25) is 5.95 Å². The fourth-order valence-corrected chi connectivity index (χ4v) is 3.75. The maximum atomic E-state index is 5.71. The van der Waals surface area contributed by atoms with Crippen LogP contribution < -0.4 is 10.5 Å². The number of nitrogen functional groups attached to an aromatic ring is 1. The lowest BCUT2D eigenvalue weighted by atomic mass is 10.1. The maximum absolute atomic E-state index is 5.71. The molecule has 0 saturated heterocycles. The number of fused-ring (bicyclic) bond motifs is 2. The summed E-state index contributed by atoms with van der Waals surface area (Å²) in [6, 6.07) is 6.74. The highest BCUT2D eigenvalue weighted by atomic mass is 16.5. The highest BCUT2D eigenvalue weighted by Gasteiger charge is 2.20. The molecule has 0 bridgehead atoms. The van der Waals surface area contributed by atoms with Crippen LogP contribution >= 0.6 is 0 Å². The quantitative estimate of drug-likeness (QED) is 0.782. The van der Waals surface area contributed by atoms with Crippen molar-refractivity contribution in [3.05, 3.63) is 47.4 Å². The Morgan fingerprint density at radius 1 is 1.31 bits per heavy atom. The molecule has 0 aliphatic carbocycles. The fraction of sp³-hybridized carbons (Fsp3) is 0.400. The normalized spacial score (nSPS) is 14.8. The molecule has 1 aromatic carbocycles. The van der Waals surface area contributed by atoms with Crippen molar-refractivity contribution in [3.63, 3.8) is 0 Å². The number of hydrogen-bond donors (Lipinski definition) is 1. The average Bonchev–Trinajstić information content (AvgIpc) is 3.00. The van der Waals surface area contributed by atoms with Gasteiger partial charge in [0.15, 0.2) is 0 Å². The molecule has 2 N–H and O–H groups in total. The number of ether oxygens (including phenoxy) is 1. The number of benzene rings is 1. The zero-order chi connectivity index (χ0) is 18.3. The van der Waals surface area contributed by atoms with Crippen LogP contribution in [0.5, 0.6) is 5.75 Å². The Labute approximate surface area is 153 Å². The van der Waals surface area contributed by atoms with Gasteiger partial charge in [-0.15, -0.1) is 0 Å². The number of anilines is 1. The first-order valence-corrected chi connectivity index (χ1v) is 9.05. The van der Waals surface area contributed by atoms with Crippen LogP contribution in [0, 0.1) is 0 Å². The third kappa shape index (κ3) is 3.01. The van der Waals surface area contributed by atoms with E-state index in [-0.39, 0.29) is 0 Å². The largest absolute Gasteiger partial charge is 0.497 e. The molecule has 3 heterocycles. The molecular weight excluding hydrogens is 326 g/mol. The average molecular weight is 351 g/mol. The Balaban J connectivity index is 1.65. The lowest BCUT2D eigenvalue weighted by Crippen LogP contribution is -2.31. The van der Waals surface area contributed by atoms with Crippen molar-refractivity contribution in [3.8, 4) is 5.75 Å². The molecule has 0 spiro atoms. The van der Waals surface area contributed by atoms with E-state index in [0.29, 0.717) is 12.0 Å². The SMILES string of the molecule is COc1ccc2c(c1)c(CN1CCc3nc(N)ncc3C1)cn2C(C)C. The zero-order valence-corrected chi connectivity index (χ0v) is 15.6. The predicted molar refractivity (Wildman–Crippen MR) is 103 cm³/mol. The van der Waals surface area contributed by atoms with Crippen LogP contribution in [-0.4, -0.2) is 33.1 Å². The van der Waals surface area contributed by atoms with Crippen molar-refractivity contribution < 1.29 is 4.74 Å². The van der Waals surface area contributed by atoms with Crippen LogP contribution in [0.2, 0.25) is 0 Å². The third-order valence-electron chi connectivity index (χ3n) is 5.10. The van der Waals surface area contributed by atoms with Gasteiger partial charge in [-0.25, -0.2) is 9.97 Å². The van der Waals surface area contributed by atoms with Gasteiger partial charge in [-0.3, -0.25) is 4.90 Å². The Hall–Kier alpha value is -2.60. The van der Waals surface area contributed by atoms with Gasteiger partial charge in [0, 0.05) is 61.0 Å². The molecule has 26 heavy (non-hydrogen) atoms. The Morgan fingerprint density at radius 2 is 2.15 bits per heavy atom. The van der Waals surface area contributed by atoms with E-state index in [0.717, 1.165) is 37.5 Å². The first-order valence-electron chi connectivity index (χ1n) is 9.05. The monoisotopic (exact) mass is 351 g/mol. The molecule has 4 rings (SSSR count). The minimum absolute atomic E-state index is 0.365. The van der Waals surface area contributed by atoms with Crippen molar-refractivity contribution in [1.29, 1.82) is 0 Å². The van der Waals surface area contributed by atoms with Gasteiger partial charge in [-0.05, 0) is 37.6 Å². The highest BCUT2D eigenvalue weighted by Crippen LogP contribution is 2.30. The summed E-state index contributed by atoms with van der Waals surface area (Å²) in [5.74, 6) is 1.26. The number of nitrogens with zero attached hydrogens (tertiary/aromatic N) is 4. The second-order valence-corrected chi connectivity index (χ2v) is 7.20. The van der Waals surface area contributed by atoms with Gasteiger partial charge < -0.3 is 15.0 Å². The lowest BCUT2D eigenvalue weighted by Gasteiger charge is -2.27. The Morgan fingerprint density at radius 3 is 2.92 bits per heavy atom. The molecule has 0 fully saturated rings. The van der Waals surface area contributed by atoms with Crippen LogP contribution in [0.4, 0.5) is 5.95 Å². The summed E-state index contributed by atoms with van der Waals surface area (Å²) >= 11 is 0. The molecule has 6 nitrogen and oxygen atoms in total. The number of hydrogen-bond acceptors (Lipinski definition) is 5. The predicted octanol–water partition coefficient (Wildman–Crippen LogP) is 3.16. The number of rotatable bonds is 4. The molecule has 2 aromatic heterocycles. The van der Waals surface area contributed by atoms with Gasteiger partial charge in [0.25, 0.3) is 0 Å². The van der Waals surface area contributed by atoms with Gasteiger partial charge in [0.05, 0.1) is 12.8 Å². The molecule has 0 radical (unpaired) electrons. The minimum Gasteiger partial charge on any atom is -0.497 e. The molecule has 6 heteroatoms. The Bertz CT molecular complexity index is 947. The lowest BCUT2D eigenvalue weighted by molar-refractivity contribution is 0.243. The summed E-state index contributed by atoms with van der Waals surface area (Å²) in [6.07, 6.45) is 5.06. The molecule has 0 atom stereocenters. The van der Waals surface area contributed by atoms with Crippen LogP contribution in [0.15, 0.2) is 30.6 Å². The van der Waals surface area contributed by atoms with Crippen molar-refractivity contribution in [1.82, 2.24) is 19.4 Å². The van der Waals surface area contributed by atoms with Gasteiger partial charge in [0.1, 0.15) is 5.75 Å². The molecule has 0 amide bonds. The summed E-state index contributed by atoms with van der Waals surface area (Å²) in [7, 11) is 1.72. The van der Waals surface area contributed by atoms with E-state index in [2.05, 4.69) is 51.6 Å². The van der Waals surface area contributed by atoms with E-state index in [1.165, 1.54) is 22.0 Å². The van der Waals surface area contributed by atoms with Crippen molar-refractivity contribution in [2.45, 2.75) is 39.4 Å². The summed E-state index contributed by atoms with van der Waals surface area (Å²) in [5.41, 5.74) is 10.6. The second kappa shape index (κ2) is 6.61. The van der Waals surface area contributed by atoms with E-state index in [1.807, 2.05) is 12.3 Å². The van der Waals surface area contributed by atoms with Crippen LogP contribution in [0.1, 0.15) is 36.7 Å². The molecule has 136 valence electrons. The summed E-state index contributed by atoms with van der Waals surface area (Å²) in [6.45, 7) is 7.15. The summed E-state index contributed by atoms with van der Waals surface area (Å²) < 4.78 is 7.78. The van der Waals surface area contributed by atoms with Crippen molar-refractivity contribution in [2.75, 3.05) is 19.4 Å². The van der Waals surface area contributed by atoms with E-state index in [1.54, 1.807) is 7.11 Å². The second-order valence-electron chi connectivity index (χ2n) is 7.20. The third-order valence-corrected chi connectivity index (χ3v) is 5.10. The fourth-order valence-electron chi connectivity index (χ4n) is 3.75. The van der Waals surface area contributed by atoms with Crippen molar-refractivity contribution >= 4 is 16.9 Å². The highest BCUT2D eigenvalue weighted by molar-refractivity contribution is 5.85. The van der Waals surface area contributed by atoms with Crippen LogP contribution in [-0.2, 0) is 19.5 Å². The molecule has 3 aromatic rings. The van der Waals surface area contributed by atoms with Crippen LogP contribution in [0.3, 0.4) is 0 Å². The molecular formula is C20H25N5O. The van der Waals surface area contributed by atoms with Gasteiger partial charge in [-0.1, -0.05) is 0 Å². The van der Waals surface area contributed by atoms with Gasteiger partial charge in [-0.2, -0.15) is 0 Å². The van der Waals surface area contributed by atoms with E-state index >= 15 is 0 Å². The molecule has 1 aliphatic heterocycles. The van der Waals surface area contributed by atoms with Crippen LogP contribution in [0.25, 0.3) is 10.9 Å². The molecule has 1 aliphatic rings. The summed E-state index contributed by atoms with van der Waals surface area (Å²) in [5, 5.41) is 1.26. The number of aromatic nitrogens is 3.